The summed E-state index contributed by atoms with van der Waals surface area (Å²) in [4.78, 5) is 30.1. The van der Waals surface area contributed by atoms with Crippen LogP contribution >= 0.6 is 11.8 Å². The van der Waals surface area contributed by atoms with E-state index in [9.17, 15) is 9.59 Å². The van der Waals surface area contributed by atoms with E-state index in [2.05, 4.69) is 6.92 Å². The summed E-state index contributed by atoms with van der Waals surface area (Å²) < 4.78 is 10.7. The number of carbonyl (C=O) groups is 2. The van der Waals surface area contributed by atoms with E-state index in [0.29, 0.717) is 36.7 Å². The summed E-state index contributed by atoms with van der Waals surface area (Å²) in [5, 5.41) is 0. The first-order valence-corrected chi connectivity index (χ1v) is 12.1. The number of amides is 2. The van der Waals surface area contributed by atoms with Gasteiger partial charge < -0.3 is 19.3 Å². The number of carbonyl (C=O) groups excluding carboxylic acids is 2. The Balaban J connectivity index is 1.48. The van der Waals surface area contributed by atoms with Crippen molar-refractivity contribution in [3.8, 4) is 11.5 Å². The van der Waals surface area contributed by atoms with E-state index < -0.39 is 0 Å². The smallest absolute Gasteiger partial charge is 0.255 e. The Labute approximate surface area is 193 Å². The molecule has 0 bridgehead atoms. The van der Waals surface area contributed by atoms with E-state index in [4.69, 9.17) is 9.47 Å². The number of hydrogen-bond acceptors (Lipinski definition) is 5. The van der Waals surface area contributed by atoms with Crippen LogP contribution in [0.25, 0.3) is 0 Å². The highest BCUT2D eigenvalue weighted by Crippen LogP contribution is 2.45. The van der Waals surface area contributed by atoms with Crippen LogP contribution in [0.4, 0.5) is 0 Å². The minimum Gasteiger partial charge on any atom is -0.497 e. The maximum absolute atomic E-state index is 13.5. The lowest BCUT2D eigenvalue weighted by molar-refractivity contribution is 0.0497. The van der Waals surface area contributed by atoms with Gasteiger partial charge in [-0.1, -0.05) is 19.1 Å². The molecule has 2 aromatic rings. The second-order valence-electron chi connectivity index (χ2n) is 8.20. The van der Waals surface area contributed by atoms with Crippen LogP contribution in [0.1, 0.15) is 46.0 Å². The molecule has 0 atom stereocenters. The molecular formula is C25H30N2O4S. The fourth-order valence-corrected chi connectivity index (χ4v) is 5.98. The van der Waals surface area contributed by atoms with Gasteiger partial charge in [0.1, 0.15) is 11.5 Å². The number of piperidine rings is 1. The van der Waals surface area contributed by atoms with Gasteiger partial charge in [0.05, 0.1) is 19.1 Å². The summed E-state index contributed by atoms with van der Waals surface area (Å²) in [6, 6.07) is 13.2. The number of rotatable bonds is 5. The molecule has 6 nitrogen and oxygen atoms in total. The Morgan fingerprint density at radius 3 is 2.09 bits per heavy atom. The third-order valence-corrected chi connectivity index (χ3v) is 8.01. The van der Waals surface area contributed by atoms with Gasteiger partial charge in [-0.15, -0.1) is 11.8 Å². The summed E-state index contributed by atoms with van der Waals surface area (Å²) in [6.45, 7) is 4.10. The summed E-state index contributed by atoms with van der Waals surface area (Å²) in [5.74, 6) is 2.16. The van der Waals surface area contributed by atoms with Crippen molar-refractivity contribution < 1.29 is 19.1 Å². The molecule has 2 saturated heterocycles. The number of aryl methyl sites for hydroxylation is 1. The zero-order chi connectivity index (χ0) is 22.7. The van der Waals surface area contributed by atoms with Gasteiger partial charge in [-0.2, -0.15) is 0 Å². The van der Waals surface area contributed by atoms with Gasteiger partial charge in [-0.05, 0) is 49.1 Å². The number of benzene rings is 2. The van der Waals surface area contributed by atoms with Gasteiger partial charge in [-0.3, -0.25) is 9.59 Å². The van der Waals surface area contributed by atoms with Crippen molar-refractivity contribution in [2.75, 3.05) is 39.6 Å². The van der Waals surface area contributed by atoms with Crippen molar-refractivity contribution in [2.24, 2.45) is 0 Å². The Bertz CT molecular complexity index is 962. The van der Waals surface area contributed by atoms with Gasteiger partial charge in [0.15, 0.2) is 0 Å². The third-order valence-electron chi connectivity index (χ3n) is 6.46. The van der Waals surface area contributed by atoms with Crippen LogP contribution in [-0.4, -0.2) is 66.1 Å². The highest BCUT2D eigenvalue weighted by molar-refractivity contribution is 8.00. The maximum atomic E-state index is 13.5. The minimum atomic E-state index is -0.268. The first kappa shape index (κ1) is 22.5. The number of methoxy groups -OCH3 is 2. The van der Waals surface area contributed by atoms with Crippen molar-refractivity contribution in [2.45, 2.75) is 31.1 Å². The average molecular weight is 455 g/mol. The number of thioether (sulfide) groups is 1. The third kappa shape index (κ3) is 4.31. The second kappa shape index (κ2) is 9.45. The summed E-state index contributed by atoms with van der Waals surface area (Å²) in [5.41, 5.74) is 2.52. The maximum Gasteiger partial charge on any atom is 0.255 e. The second-order valence-corrected chi connectivity index (χ2v) is 9.65. The highest BCUT2D eigenvalue weighted by Gasteiger charge is 2.47. The Morgan fingerprint density at radius 1 is 0.906 bits per heavy atom. The van der Waals surface area contributed by atoms with Gasteiger partial charge in [0.25, 0.3) is 11.8 Å². The summed E-state index contributed by atoms with van der Waals surface area (Å²) >= 11 is 1.84. The van der Waals surface area contributed by atoms with Crippen molar-refractivity contribution in [1.82, 2.24) is 9.80 Å². The molecule has 2 aromatic carbocycles. The molecule has 2 heterocycles. The monoisotopic (exact) mass is 454 g/mol. The van der Waals surface area contributed by atoms with E-state index >= 15 is 0 Å². The van der Waals surface area contributed by atoms with Crippen LogP contribution in [0, 0.1) is 0 Å². The molecule has 4 rings (SSSR count). The molecule has 0 aromatic heterocycles. The minimum absolute atomic E-state index is 0.0119. The van der Waals surface area contributed by atoms with Crippen LogP contribution < -0.4 is 9.47 Å². The van der Waals surface area contributed by atoms with E-state index in [1.54, 1.807) is 32.4 Å². The number of likely N-dealkylation sites (tertiary alicyclic amines) is 1. The fourth-order valence-electron chi connectivity index (χ4n) is 4.52. The standard InChI is InChI=1S/C25H30N2O4S/c1-4-18-5-7-19(8-6-18)23(28)26-11-9-25(10-12-26)27(13-14-32-25)24(29)20-15-21(30-2)17-22(16-20)31-3/h5-8,15-17H,4,9-14H2,1-3H3. The largest absolute Gasteiger partial charge is 0.497 e. The molecule has 0 aliphatic carbocycles. The molecule has 0 saturated carbocycles. The summed E-state index contributed by atoms with van der Waals surface area (Å²) in [7, 11) is 3.16. The molecule has 7 heteroatoms. The zero-order valence-electron chi connectivity index (χ0n) is 18.9. The van der Waals surface area contributed by atoms with Crippen LogP contribution in [0.2, 0.25) is 0 Å². The van der Waals surface area contributed by atoms with Crippen LogP contribution in [0.3, 0.4) is 0 Å². The van der Waals surface area contributed by atoms with Gasteiger partial charge in [-0.25, -0.2) is 0 Å². The molecule has 2 aliphatic rings. The fraction of sp³-hybridized carbons (Fsp3) is 0.440. The van der Waals surface area contributed by atoms with E-state index in [0.717, 1.165) is 30.6 Å². The topological polar surface area (TPSA) is 59.1 Å². The molecule has 32 heavy (non-hydrogen) atoms. The first-order chi connectivity index (χ1) is 15.5. The van der Waals surface area contributed by atoms with Crippen LogP contribution in [-0.2, 0) is 6.42 Å². The number of nitrogens with zero attached hydrogens (tertiary/aromatic N) is 2. The Kier molecular flexibility index (Phi) is 6.65. The zero-order valence-corrected chi connectivity index (χ0v) is 19.7. The lowest BCUT2D eigenvalue weighted by Crippen LogP contribution is -2.53. The normalized spacial score (nSPS) is 17.5. The highest BCUT2D eigenvalue weighted by atomic mass is 32.2. The molecule has 2 amide bonds. The molecule has 0 unspecified atom stereocenters. The van der Waals surface area contributed by atoms with E-state index in [1.165, 1.54) is 5.56 Å². The molecule has 170 valence electrons. The quantitative estimate of drug-likeness (QED) is 0.681. The molecular weight excluding hydrogens is 424 g/mol. The van der Waals surface area contributed by atoms with Crippen LogP contribution in [0.15, 0.2) is 42.5 Å². The van der Waals surface area contributed by atoms with Crippen molar-refractivity contribution >= 4 is 23.6 Å². The lowest BCUT2D eigenvalue weighted by atomic mass is 9.99. The van der Waals surface area contributed by atoms with Crippen molar-refractivity contribution in [3.05, 3.63) is 59.2 Å². The molecule has 0 N–H and O–H groups in total. The SMILES string of the molecule is CCc1ccc(C(=O)N2CCC3(CC2)SCCN3C(=O)c2cc(OC)cc(OC)c2)cc1. The Morgan fingerprint density at radius 2 is 1.53 bits per heavy atom. The predicted molar refractivity (Wildman–Crippen MR) is 127 cm³/mol. The average Bonchev–Trinajstić information content (AvgIpc) is 3.25. The van der Waals surface area contributed by atoms with Crippen molar-refractivity contribution in [3.63, 3.8) is 0 Å². The van der Waals surface area contributed by atoms with Crippen LogP contribution in [0.5, 0.6) is 11.5 Å². The van der Waals surface area contributed by atoms with E-state index in [-0.39, 0.29) is 16.7 Å². The Hall–Kier alpha value is -2.67. The molecule has 2 fully saturated rings. The van der Waals surface area contributed by atoms with E-state index in [1.807, 2.05) is 45.8 Å². The molecule has 2 aliphatic heterocycles. The predicted octanol–water partition coefficient (Wildman–Crippen LogP) is 4.09. The lowest BCUT2D eigenvalue weighted by Gasteiger charge is -2.44. The van der Waals surface area contributed by atoms with Crippen molar-refractivity contribution in [1.29, 1.82) is 0 Å². The molecule has 1 spiro atoms. The number of ether oxygens (including phenoxy) is 2. The molecule has 0 radical (unpaired) electrons. The first-order valence-electron chi connectivity index (χ1n) is 11.1. The van der Waals surface area contributed by atoms with Gasteiger partial charge in [0, 0.05) is 42.6 Å². The number of hydrogen-bond donors (Lipinski definition) is 0. The van der Waals surface area contributed by atoms with Gasteiger partial charge in [0.2, 0.25) is 0 Å². The van der Waals surface area contributed by atoms with Gasteiger partial charge >= 0.3 is 0 Å². The summed E-state index contributed by atoms with van der Waals surface area (Å²) in [6.07, 6.45) is 2.49.